The van der Waals surface area contributed by atoms with E-state index in [1.807, 2.05) is 36.4 Å². The average Bonchev–Trinajstić information content (AvgIpc) is 2.72. The number of benzene rings is 2. The number of aromatic nitrogens is 1. The Bertz CT molecular complexity index is 998. The van der Waals surface area contributed by atoms with Gasteiger partial charge in [0.05, 0.1) is 10.9 Å². The molecule has 0 aliphatic carbocycles. The molecule has 150 valence electrons. The van der Waals surface area contributed by atoms with Crippen molar-refractivity contribution in [1.29, 1.82) is 0 Å². The van der Waals surface area contributed by atoms with Gasteiger partial charge in [0, 0.05) is 31.6 Å². The van der Waals surface area contributed by atoms with Gasteiger partial charge in [0.25, 0.3) is 5.56 Å². The lowest BCUT2D eigenvalue weighted by Gasteiger charge is -2.13. The molecular weight excluding hydrogens is 354 g/mol. The van der Waals surface area contributed by atoms with Crippen molar-refractivity contribution < 1.29 is 9.47 Å². The minimum Gasteiger partial charge on any atom is -0.492 e. The van der Waals surface area contributed by atoms with Crippen LogP contribution in [0.3, 0.4) is 0 Å². The third-order valence-corrected chi connectivity index (χ3v) is 4.74. The first kappa shape index (κ1) is 20.2. The molecule has 2 N–H and O–H groups in total. The van der Waals surface area contributed by atoms with E-state index in [-0.39, 0.29) is 5.56 Å². The summed E-state index contributed by atoms with van der Waals surface area (Å²) < 4.78 is 13.3. The lowest BCUT2D eigenvalue weighted by atomic mass is 10.1. The molecule has 0 saturated carbocycles. The fraction of sp³-hybridized carbons (Fsp3) is 0.409. The van der Waals surface area contributed by atoms with Crippen LogP contribution >= 0.6 is 0 Å². The molecule has 1 aromatic heterocycles. The largest absolute Gasteiger partial charge is 0.492 e. The van der Waals surface area contributed by atoms with E-state index in [0.717, 1.165) is 48.2 Å². The van der Waals surface area contributed by atoms with E-state index < -0.39 is 0 Å². The lowest BCUT2D eigenvalue weighted by molar-refractivity contribution is 0.315. The number of pyridine rings is 1. The Morgan fingerprint density at radius 2 is 1.39 bits per heavy atom. The smallest absolute Gasteiger partial charge is 0.258 e. The highest BCUT2D eigenvalue weighted by molar-refractivity contribution is 6.06. The van der Waals surface area contributed by atoms with Crippen LogP contribution in [0.25, 0.3) is 21.7 Å². The summed E-state index contributed by atoms with van der Waals surface area (Å²) >= 11 is 0. The Balaban J connectivity index is 1.91. The molecule has 6 heteroatoms. The van der Waals surface area contributed by atoms with Crippen molar-refractivity contribution in [3.63, 3.8) is 0 Å². The molecule has 6 nitrogen and oxygen atoms in total. The second-order valence-electron chi connectivity index (χ2n) is 6.65. The third-order valence-electron chi connectivity index (χ3n) is 4.74. The van der Waals surface area contributed by atoms with Gasteiger partial charge in [-0.1, -0.05) is 13.8 Å². The summed E-state index contributed by atoms with van der Waals surface area (Å²) in [7, 11) is 1.80. The standard InChI is InChI=1S/C22H29N3O3/c1-4-23-10-12-27-16-6-8-18-19-9-7-17(28-13-11-24-5-2)15-21(19)25(3)22(26)20(18)14-16/h6-9,14-15,23-24H,4-5,10-13H2,1-3H3. The van der Waals surface area contributed by atoms with Gasteiger partial charge in [-0.15, -0.1) is 0 Å². The predicted molar refractivity (Wildman–Crippen MR) is 115 cm³/mol. The summed E-state index contributed by atoms with van der Waals surface area (Å²) in [5.41, 5.74) is 0.823. The highest BCUT2D eigenvalue weighted by atomic mass is 16.5. The van der Waals surface area contributed by atoms with Crippen LogP contribution in [0.5, 0.6) is 11.5 Å². The minimum atomic E-state index is -0.0376. The van der Waals surface area contributed by atoms with E-state index in [1.54, 1.807) is 11.6 Å². The van der Waals surface area contributed by atoms with Crippen LogP contribution in [0.2, 0.25) is 0 Å². The van der Waals surface area contributed by atoms with Gasteiger partial charge in [-0.3, -0.25) is 4.79 Å². The molecule has 0 atom stereocenters. The number of likely N-dealkylation sites (N-methyl/N-ethyl adjacent to an activating group) is 2. The third kappa shape index (κ3) is 4.46. The highest BCUT2D eigenvalue weighted by Gasteiger charge is 2.11. The number of ether oxygens (including phenoxy) is 2. The van der Waals surface area contributed by atoms with Gasteiger partial charge in [-0.05, 0) is 48.8 Å². The normalized spacial score (nSPS) is 11.2. The number of hydrogen-bond acceptors (Lipinski definition) is 5. The molecule has 28 heavy (non-hydrogen) atoms. The van der Waals surface area contributed by atoms with Gasteiger partial charge < -0.3 is 24.7 Å². The van der Waals surface area contributed by atoms with Crippen molar-refractivity contribution >= 4 is 21.7 Å². The zero-order valence-electron chi connectivity index (χ0n) is 16.9. The number of hydrogen-bond donors (Lipinski definition) is 2. The van der Waals surface area contributed by atoms with E-state index >= 15 is 0 Å². The first-order valence-electron chi connectivity index (χ1n) is 9.89. The molecule has 1 heterocycles. The average molecular weight is 383 g/mol. The summed E-state index contributed by atoms with van der Waals surface area (Å²) in [4.78, 5) is 12.9. The van der Waals surface area contributed by atoms with Crippen LogP contribution in [0.15, 0.2) is 41.2 Å². The van der Waals surface area contributed by atoms with Crippen molar-refractivity contribution in [3.05, 3.63) is 46.8 Å². The van der Waals surface area contributed by atoms with Crippen LogP contribution < -0.4 is 25.7 Å². The summed E-state index contributed by atoms with van der Waals surface area (Å²) in [6.07, 6.45) is 0. The molecule has 0 bridgehead atoms. The quantitative estimate of drug-likeness (QED) is 0.416. The zero-order valence-corrected chi connectivity index (χ0v) is 16.9. The minimum absolute atomic E-state index is 0.0376. The Morgan fingerprint density at radius 1 is 0.821 bits per heavy atom. The van der Waals surface area contributed by atoms with Crippen LogP contribution in [-0.4, -0.2) is 44.0 Å². The molecule has 0 unspecified atom stereocenters. The molecule has 3 rings (SSSR count). The van der Waals surface area contributed by atoms with E-state index in [4.69, 9.17) is 9.47 Å². The summed E-state index contributed by atoms with van der Waals surface area (Å²) in [6, 6.07) is 11.6. The molecule has 0 aliphatic rings. The molecular formula is C22H29N3O3. The van der Waals surface area contributed by atoms with Crippen molar-refractivity contribution in [2.24, 2.45) is 7.05 Å². The van der Waals surface area contributed by atoms with Crippen molar-refractivity contribution in [2.45, 2.75) is 13.8 Å². The van der Waals surface area contributed by atoms with Gasteiger partial charge >= 0.3 is 0 Å². The molecule has 0 radical (unpaired) electrons. The van der Waals surface area contributed by atoms with Crippen molar-refractivity contribution in [1.82, 2.24) is 15.2 Å². The Labute approximate surface area is 165 Å². The van der Waals surface area contributed by atoms with Crippen LogP contribution in [-0.2, 0) is 7.05 Å². The molecule has 0 amide bonds. The van der Waals surface area contributed by atoms with Gasteiger partial charge in [-0.25, -0.2) is 0 Å². The van der Waals surface area contributed by atoms with Crippen molar-refractivity contribution in [2.75, 3.05) is 39.4 Å². The molecule has 0 saturated heterocycles. The second kappa shape index (κ2) is 9.57. The number of nitrogens with one attached hydrogen (secondary N) is 2. The Kier molecular flexibility index (Phi) is 6.90. The molecule has 3 aromatic rings. The van der Waals surface area contributed by atoms with Crippen LogP contribution in [0.4, 0.5) is 0 Å². The number of aryl methyl sites for hydroxylation is 1. The van der Waals surface area contributed by atoms with E-state index in [9.17, 15) is 4.79 Å². The van der Waals surface area contributed by atoms with Gasteiger partial charge in [0.1, 0.15) is 24.7 Å². The predicted octanol–water partition coefficient (Wildman–Crippen LogP) is 2.67. The molecule has 0 aliphatic heterocycles. The lowest BCUT2D eigenvalue weighted by Crippen LogP contribution is -2.21. The maximum Gasteiger partial charge on any atom is 0.258 e. The fourth-order valence-electron chi connectivity index (χ4n) is 3.26. The maximum atomic E-state index is 12.9. The van der Waals surface area contributed by atoms with Crippen molar-refractivity contribution in [3.8, 4) is 11.5 Å². The molecule has 0 spiro atoms. The highest BCUT2D eigenvalue weighted by Crippen LogP contribution is 2.28. The first-order chi connectivity index (χ1) is 13.7. The van der Waals surface area contributed by atoms with Gasteiger partial charge in [0.2, 0.25) is 0 Å². The monoisotopic (exact) mass is 383 g/mol. The maximum absolute atomic E-state index is 12.9. The Hall–Kier alpha value is -2.57. The van der Waals surface area contributed by atoms with E-state index in [1.165, 1.54) is 0 Å². The van der Waals surface area contributed by atoms with Crippen LogP contribution in [0, 0.1) is 0 Å². The van der Waals surface area contributed by atoms with E-state index in [2.05, 4.69) is 24.5 Å². The van der Waals surface area contributed by atoms with E-state index in [0.29, 0.717) is 24.3 Å². The summed E-state index contributed by atoms with van der Waals surface area (Å²) in [5.74, 6) is 1.48. The number of fused-ring (bicyclic) bond motifs is 3. The number of nitrogens with zero attached hydrogens (tertiary/aromatic N) is 1. The number of rotatable bonds is 10. The first-order valence-corrected chi connectivity index (χ1v) is 9.89. The summed E-state index contributed by atoms with van der Waals surface area (Å²) in [6.45, 7) is 8.69. The topological polar surface area (TPSA) is 64.5 Å². The SMILES string of the molecule is CCNCCOc1ccc2c(c1)c(=O)n(C)c1cc(OCCNCC)ccc21. The molecule has 2 aromatic carbocycles. The van der Waals surface area contributed by atoms with Gasteiger partial charge in [-0.2, -0.15) is 0 Å². The fourth-order valence-corrected chi connectivity index (χ4v) is 3.26. The second-order valence-corrected chi connectivity index (χ2v) is 6.65. The molecule has 0 fully saturated rings. The zero-order chi connectivity index (χ0) is 19.9. The van der Waals surface area contributed by atoms with Gasteiger partial charge in [0.15, 0.2) is 0 Å². The Morgan fingerprint density at radius 3 is 2.00 bits per heavy atom. The van der Waals surface area contributed by atoms with Crippen LogP contribution in [0.1, 0.15) is 13.8 Å². The summed E-state index contributed by atoms with van der Waals surface area (Å²) in [5, 5.41) is 9.07.